The van der Waals surface area contributed by atoms with Crippen molar-refractivity contribution in [1.29, 1.82) is 0 Å². The molecule has 0 saturated carbocycles. The zero-order valence-corrected chi connectivity index (χ0v) is 14.2. The third-order valence-corrected chi connectivity index (χ3v) is 4.37. The SMILES string of the molecule is CC(C)C[C@H]1COCCN1Cc1cccc(Cn2cccn2)c1. The van der Waals surface area contributed by atoms with Gasteiger partial charge >= 0.3 is 0 Å². The van der Waals surface area contributed by atoms with Gasteiger partial charge in [0, 0.05) is 31.5 Å². The second-order valence-electron chi connectivity index (χ2n) is 6.85. The minimum absolute atomic E-state index is 0.540. The first-order valence-electron chi connectivity index (χ1n) is 8.58. The van der Waals surface area contributed by atoms with Crippen LogP contribution in [0.1, 0.15) is 31.4 Å². The summed E-state index contributed by atoms with van der Waals surface area (Å²) in [6.45, 7) is 9.16. The number of ether oxygens (including phenoxy) is 1. The molecule has 1 fully saturated rings. The van der Waals surface area contributed by atoms with E-state index < -0.39 is 0 Å². The highest BCUT2D eigenvalue weighted by atomic mass is 16.5. The van der Waals surface area contributed by atoms with E-state index in [9.17, 15) is 0 Å². The molecule has 124 valence electrons. The first-order chi connectivity index (χ1) is 11.2. The maximum atomic E-state index is 5.69. The van der Waals surface area contributed by atoms with Gasteiger partial charge in [0.15, 0.2) is 0 Å². The largest absolute Gasteiger partial charge is 0.378 e. The molecule has 0 spiro atoms. The fraction of sp³-hybridized carbons (Fsp3) is 0.526. The lowest BCUT2D eigenvalue weighted by atomic mass is 10.0. The van der Waals surface area contributed by atoms with Crippen LogP contribution in [0, 0.1) is 5.92 Å². The van der Waals surface area contributed by atoms with Gasteiger partial charge in [0.25, 0.3) is 0 Å². The standard InChI is InChI=1S/C19H27N3O/c1-16(2)11-19-15-23-10-9-21(19)13-17-5-3-6-18(12-17)14-22-8-4-7-20-22/h3-8,12,16,19H,9-11,13-15H2,1-2H3/t19-/m0/s1. The molecule has 3 rings (SSSR count). The Hall–Kier alpha value is -1.65. The molecule has 0 amide bonds. The molecular formula is C19H27N3O. The number of rotatable bonds is 6. The maximum Gasteiger partial charge on any atom is 0.0659 e. The third kappa shape index (κ3) is 4.66. The average molecular weight is 313 g/mol. The molecule has 1 aliphatic rings. The van der Waals surface area contributed by atoms with Gasteiger partial charge < -0.3 is 4.74 Å². The molecule has 0 radical (unpaired) electrons. The van der Waals surface area contributed by atoms with E-state index >= 15 is 0 Å². The predicted octanol–water partition coefficient (Wildman–Crippen LogP) is 3.18. The smallest absolute Gasteiger partial charge is 0.0659 e. The molecule has 0 unspecified atom stereocenters. The molecule has 2 heterocycles. The fourth-order valence-corrected chi connectivity index (χ4v) is 3.30. The monoisotopic (exact) mass is 313 g/mol. The van der Waals surface area contributed by atoms with Crippen LogP contribution < -0.4 is 0 Å². The van der Waals surface area contributed by atoms with Gasteiger partial charge in [0.05, 0.1) is 19.8 Å². The molecule has 0 bridgehead atoms. The average Bonchev–Trinajstić information content (AvgIpc) is 3.02. The van der Waals surface area contributed by atoms with E-state index in [1.54, 1.807) is 0 Å². The Bertz CT molecular complexity index is 594. The maximum absolute atomic E-state index is 5.69. The summed E-state index contributed by atoms with van der Waals surface area (Å²) in [5.41, 5.74) is 2.69. The Balaban J connectivity index is 1.66. The van der Waals surface area contributed by atoms with Crippen LogP contribution in [0.25, 0.3) is 0 Å². The molecule has 4 nitrogen and oxygen atoms in total. The highest BCUT2D eigenvalue weighted by molar-refractivity contribution is 5.23. The van der Waals surface area contributed by atoms with Gasteiger partial charge in [0.2, 0.25) is 0 Å². The Morgan fingerprint density at radius 2 is 2.04 bits per heavy atom. The molecule has 1 aromatic carbocycles. The second kappa shape index (κ2) is 7.75. The van der Waals surface area contributed by atoms with Crippen LogP contribution in [-0.4, -0.2) is 40.5 Å². The zero-order valence-electron chi connectivity index (χ0n) is 14.2. The molecule has 1 saturated heterocycles. The van der Waals surface area contributed by atoms with E-state index in [1.165, 1.54) is 17.5 Å². The van der Waals surface area contributed by atoms with Gasteiger partial charge in [-0.05, 0) is 29.5 Å². The van der Waals surface area contributed by atoms with Gasteiger partial charge in [-0.15, -0.1) is 0 Å². The number of aromatic nitrogens is 2. The number of hydrogen-bond donors (Lipinski definition) is 0. The lowest BCUT2D eigenvalue weighted by Gasteiger charge is -2.36. The van der Waals surface area contributed by atoms with Crippen molar-refractivity contribution in [3.63, 3.8) is 0 Å². The fourth-order valence-electron chi connectivity index (χ4n) is 3.30. The van der Waals surface area contributed by atoms with Crippen molar-refractivity contribution in [2.75, 3.05) is 19.8 Å². The molecule has 1 aliphatic heterocycles. The van der Waals surface area contributed by atoms with Gasteiger partial charge in [-0.2, -0.15) is 5.10 Å². The van der Waals surface area contributed by atoms with Crippen LogP contribution in [0.5, 0.6) is 0 Å². The van der Waals surface area contributed by atoms with Crippen LogP contribution in [0.3, 0.4) is 0 Å². The summed E-state index contributed by atoms with van der Waals surface area (Å²) < 4.78 is 7.66. The Labute approximate surface area is 139 Å². The number of morpholine rings is 1. The Kier molecular flexibility index (Phi) is 5.47. The zero-order chi connectivity index (χ0) is 16.1. The summed E-state index contributed by atoms with van der Waals surface area (Å²) in [6.07, 6.45) is 5.04. The summed E-state index contributed by atoms with van der Waals surface area (Å²) in [5.74, 6) is 0.704. The molecule has 0 N–H and O–H groups in total. The van der Waals surface area contributed by atoms with Crippen molar-refractivity contribution >= 4 is 0 Å². The molecule has 0 aliphatic carbocycles. The molecule has 4 heteroatoms. The number of nitrogens with zero attached hydrogens (tertiary/aromatic N) is 3. The summed E-state index contributed by atoms with van der Waals surface area (Å²) in [4.78, 5) is 2.58. The number of hydrogen-bond acceptors (Lipinski definition) is 3. The first-order valence-corrected chi connectivity index (χ1v) is 8.58. The molecule has 1 aromatic heterocycles. The highest BCUT2D eigenvalue weighted by Gasteiger charge is 2.23. The highest BCUT2D eigenvalue weighted by Crippen LogP contribution is 2.19. The van der Waals surface area contributed by atoms with E-state index in [0.717, 1.165) is 32.8 Å². The van der Waals surface area contributed by atoms with Crippen molar-refractivity contribution in [3.05, 3.63) is 53.9 Å². The van der Waals surface area contributed by atoms with E-state index in [-0.39, 0.29) is 0 Å². The minimum atomic E-state index is 0.540. The normalized spacial score (nSPS) is 19.3. The van der Waals surface area contributed by atoms with Crippen molar-refractivity contribution in [1.82, 2.24) is 14.7 Å². The molecule has 2 aromatic rings. The van der Waals surface area contributed by atoms with Crippen LogP contribution >= 0.6 is 0 Å². The summed E-state index contributed by atoms with van der Waals surface area (Å²) in [5, 5.41) is 4.29. The van der Waals surface area contributed by atoms with E-state index in [0.29, 0.717) is 12.0 Å². The lowest BCUT2D eigenvalue weighted by Crippen LogP contribution is -2.45. The molecular weight excluding hydrogens is 286 g/mol. The quantitative estimate of drug-likeness (QED) is 0.820. The van der Waals surface area contributed by atoms with Crippen molar-refractivity contribution in [3.8, 4) is 0 Å². The van der Waals surface area contributed by atoms with Crippen LogP contribution in [0.2, 0.25) is 0 Å². The van der Waals surface area contributed by atoms with Gasteiger partial charge in [-0.1, -0.05) is 38.1 Å². The van der Waals surface area contributed by atoms with Crippen LogP contribution in [-0.2, 0) is 17.8 Å². The molecule has 1 atom stereocenters. The van der Waals surface area contributed by atoms with E-state index in [1.807, 2.05) is 23.1 Å². The van der Waals surface area contributed by atoms with E-state index in [2.05, 4.69) is 48.1 Å². The number of benzene rings is 1. The predicted molar refractivity (Wildman–Crippen MR) is 92.2 cm³/mol. The summed E-state index contributed by atoms with van der Waals surface area (Å²) in [6, 6.07) is 11.4. The Morgan fingerprint density at radius 3 is 2.78 bits per heavy atom. The van der Waals surface area contributed by atoms with Crippen molar-refractivity contribution in [2.24, 2.45) is 5.92 Å². The first kappa shape index (κ1) is 16.2. The van der Waals surface area contributed by atoms with Crippen molar-refractivity contribution in [2.45, 2.75) is 39.4 Å². The van der Waals surface area contributed by atoms with Crippen LogP contribution in [0.4, 0.5) is 0 Å². The van der Waals surface area contributed by atoms with Gasteiger partial charge in [-0.25, -0.2) is 0 Å². The minimum Gasteiger partial charge on any atom is -0.378 e. The molecule has 23 heavy (non-hydrogen) atoms. The summed E-state index contributed by atoms with van der Waals surface area (Å²) >= 11 is 0. The Morgan fingerprint density at radius 1 is 1.22 bits per heavy atom. The van der Waals surface area contributed by atoms with Gasteiger partial charge in [0.1, 0.15) is 0 Å². The van der Waals surface area contributed by atoms with Crippen molar-refractivity contribution < 1.29 is 4.74 Å². The topological polar surface area (TPSA) is 30.3 Å². The van der Waals surface area contributed by atoms with E-state index in [4.69, 9.17) is 4.74 Å². The van der Waals surface area contributed by atoms with Gasteiger partial charge in [-0.3, -0.25) is 9.58 Å². The second-order valence-corrected chi connectivity index (χ2v) is 6.85. The van der Waals surface area contributed by atoms with Crippen LogP contribution in [0.15, 0.2) is 42.7 Å². The summed E-state index contributed by atoms with van der Waals surface area (Å²) in [7, 11) is 0. The third-order valence-electron chi connectivity index (χ3n) is 4.37. The lowest BCUT2D eigenvalue weighted by molar-refractivity contribution is -0.0186.